The third-order valence-corrected chi connectivity index (χ3v) is 4.23. The second-order valence-corrected chi connectivity index (χ2v) is 6.02. The standard InChI is InChI=1S/C17H17F3N4O2/c1-9-5-4-6-11-10(2)14(24(3)13(9)11)15(25)21-8-7-12-22-16(26-23-12)17(18,19)20/h4-6H,7-8H2,1-3H3,(H,21,25). The summed E-state index contributed by atoms with van der Waals surface area (Å²) in [6.07, 6.45) is -4.64. The Morgan fingerprint density at radius 1 is 1.31 bits per heavy atom. The van der Waals surface area contributed by atoms with Crippen LogP contribution in [-0.4, -0.2) is 27.2 Å². The van der Waals surface area contributed by atoms with Crippen molar-refractivity contribution in [1.82, 2.24) is 20.0 Å². The molecule has 0 saturated carbocycles. The van der Waals surface area contributed by atoms with Crippen LogP contribution < -0.4 is 5.32 Å². The molecule has 3 rings (SSSR count). The van der Waals surface area contributed by atoms with Crippen LogP contribution in [0.2, 0.25) is 0 Å². The molecule has 2 aromatic heterocycles. The van der Waals surface area contributed by atoms with Crippen LogP contribution in [0.4, 0.5) is 13.2 Å². The maximum atomic E-state index is 12.5. The van der Waals surface area contributed by atoms with Crippen LogP contribution in [0.5, 0.6) is 0 Å². The minimum atomic E-state index is -4.67. The van der Waals surface area contributed by atoms with Crippen molar-refractivity contribution in [3.05, 3.63) is 46.7 Å². The molecule has 1 N–H and O–H groups in total. The molecule has 138 valence electrons. The Balaban J connectivity index is 1.72. The number of carbonyl (C=O) groups is 1. The minimum absolute atomic E-state index is 0.0351. The summed E-state index contributed by atoms with van der Waals surface area (Å²) in [5, 5.41) is 6.96. The fourth-order valence-electron chi connectivity index (χ4n) is 3.06. The number of carbonyl (C=O) groups excluding carboxylic acids is 1. The Bertz CT molecular complexity index is 972. The Labute approximate surface area is 147 Å². The zero-order valence-electron chi connectivity index (χ0n) is 14.4. The Morgan fingerprint density at radius 3 is 2.65 bits per heavy atom. The third kappa shape index (κ3) is 3.16. The topological polar surface area (TPSA) is 73.0 Å². The van der Waals surface area contributed by atoms with Crippen molar-refractivity contribution in [2.75, 3.05) is 6.54 Å². The highest BCUT2D eigenvalue weighted by Gasteiger charge is 2.38. The molecule has 0 atom stereocenters. The number of hydrogen-bond acceptors (Lipinski definition) is 4. The van der Waals surface area contributed by atoms with Gasteiger partial charge in [0, 0.05) is 25.4 Å². The van der Waals surface area contributed by atoms with Crippen LogP contribution >= 0.6 is 0 Å². The van der Waals surface area contributed by atoms with Crippen molar-refractivity contribution in [2.45, 2.75) is 26.4 Å². The molecule has 0 radical (unpaired) electrons. The third-order valence-electron chi connectivity index (χ3n) is 4.23. The lowest BCUT2D eigenvalue weighted by Crippen LogP contribution is -2.28. The molecule has 0 fully saturated rings. The number of aryl methyl sites for hydroxylation is 3. The SMILES string of the molecule is Cc1c(C(=O)NCCc2noc(C(F)(F)F)n2)n(C)c2c(C)cccc12. The van der Waals surface area contributed by atoms with E-state index in [1.165, 1.54) is 0 Å². The first-order chi connectivity index (χ1) is 12.2. The molecule has 6 nitrogen and oxygen atoms in total. The van der Waals surface area contributed by atoms with Gasteiger partial charge in [0.15, 0.2) is 5.82 Å². The number of amides is 1. The van der Waals surface area contributed by atoms with Crippen LogP contribution in [0, 0.1) is 13.8 Å². The highest BCUT2D eigenvalue weighted by atomic mass is 19.4. The molecule has 0 aliphatic carbocycles. The molecule has 1 aromatic carbocycles. The second kappa shape index (κ2) is 6.47. The lowest BCUT2D eigenvalue weighted by molar-refractivity contribution is -0.159. The van der Waals surface area contributed by atoms with Crippen LogP contribution in [0.1, 0.15) is 33.3 Å². The van der Waals surface area contributed by atoms with E-state index in [9.17, 15) is 18.0 Å². The smallest absolute Gasteiger partial charge is 0.350 e. The summed E-state index contributed by atoms with van der Waals surface area (Å²) in [6.45, 7) is 3.93. The molecule has 9 heteroatoms. The zero-order valence-corrected chi connectivity index (χ0v) is 14.4. The molecule has 1 amide bonds. The number of alkyl halides is 3. The molecular formula is C17H17F3N4O2. The number of halogens is 3. The maximum absolute atomic E-state index is 12.5. The zero-order chi connectivity index (χ0) is 19.1. The Hall–Kier alpha value is -2.84. The summed E-state index contributed by atoms with van der Waals surface area (Å²) >= 11 is 0. The van der Waals surface area contributed by atoms with Crippen molar-refractivity contribution < 1.29 is 22.5 Å². The molecule has 0 unspecified atom stereocenters. The average Bonchev–Trinajstić information content (AvgIpc) is 3.12. The highest BCUT2D eigenvalue weighted by Crippen LogP contribution is 2.28. The van der Waals surface area contributed by atoms with E-state index >= 15 is 0 Å². The second-order valence-electron chi connectivity index (χ2n) is 6.02. The Kier molecular flexibility index (Phi) is 4.47. The molecule has 0 saturated heterocycles. The van der Waals surface area contributed by atoms with Gasteiger partial charge < -0.3 is 14.4 Å². The van der Waals surface area contributed by atoms with E-state index < -0.39 is 12.1 Å². The van der Waals surface area contributed by atoms with Crippen LogP contribution in [-0.2, 0) is 19.6 Å². The van der Waals surface area contributed by atoms with Crippen molar-refractivity contribution in [1.29, 1.82) is 0 Å². The van der Waals surface area contributed by atoms with Crippen molar-refractivity contribution in [2.24, 2.45) is 7.05 Å². The molecular weight excluding hydrogens is 349 g/mol. The van der Waals surface area contributed by atoms with Gasteiger partial charge in [-0.05, 0) is 25.0 Å². The number of nitrogens with one attached hydrogen (secondary N) is 1. The molecule has 0 bridgehead atoms. The number of nitrogens with zero attached hydrogens (tertiary/aromatic N) is 3. The normalized spacial score (nSPS) is 11.9. The average molecular weight is 366 g/mol. The monoisotopic (exact) mass is 366 g/mol. The maximum Gasteiger partial charge on any atom is 0.471 e. The molecule has 0 aliphatic heterocycles. The summed E-state index contributed by atoms with van der Waals surface area (Å²) < 4.78 is 43.3. The van der Waals surface area contributed by atoms with E-state index in [0.717, 1.165) is 22.0 Å². The predicted molar refractivity (Wildman–Crippen MR) is 87.7 cm³/mol. The van der Waals surface area contributed by atoms with Gasteiger partial charge in [0.1, 0.15) is 5.69 Å². The fourth-order valence-corrected chi connectivity index (χ4v) is 3.06. The lowest BCUT2D eigenvalue weighted by atomic mass is 10.1. The van der Waals surface area contributed by atoms with Crippen LogP contribution in [0.25, 0.3) is 10.9 Å². The summed E-state index contributed by atoms with van der Waals surface area (Å²) in [6, 6.07) is 5.85. The van der Waals surface area contributed by atoms with E-state index in [2.05, 4.69) is 20.0 Å². The van der Waals surface area contributed by atoms with Crippen molar-refractivity contribution in [3.8, 4) is 0 Å². The van der Waals surface area contributed by atoms with E-state index in [4.69, 9.17) is 0 Å². The molecule has 2 heterocycles. The Morgan fingerprint density at radius 2 is 2.04 bits per heavy atom. The summed E-state index contributed by atoms with van der Waals surface area (Å²) in [7, 11) is 1.81. The van der Waals surface area contributed by atoms with Gasteiger partial charge in [0.2, 0.25) is 0 Å². The molecule has 0 aliphatic rings. The van der Waals surface area contributed by atoms with Crippen molar-refractivity contribution in [3.63, 3.8) is 0 Å². The fraction of sp³-hybridized carbons (Fsp3) is 0.353. The van der Waals surface area contributed by atoms with E-state index in [1.54, 1.807) is 0 Å². The quantitative estimate of drug-likeness (QED) is 0.770. The first-order valence-electron chi connectivity index (χ1n) is 7.92. The number of aromatic nitrogens is 3. The van der Waals surface area contributed by atoms with Crippen LogP contribution in [0.3, 0.4) is 0 Å². The number of fused-ring (bicyclic) bond motifs is 1. The molecule has 3 aromatic rings. The van der Waals surface area contributed by atoms with E-state index in [1.807, 2.05) is 43.7 Å². The van der Waals surface area contributed by atoms with Gasteiger partial charge in [-0.25, -0.2) is 0 Å². The highest BCUT2D eigenvalue weighted by molar-refractivity contribution is 6.02. The van der Waals surface area contributed by atoms with Crippen LogP contribution in [0.15, 0.2) is 22.7 Å². The van der Waals surface area contributed by atoms with Gasteiger partial charge in [-0.1, -0.05) is 23.4 Å². The van der Waals surface area contributed by atoms with Gasteiger partial charge >= 0.3 is 12.1 Å². The predicted octanol–water partition coefficient (Wildman–Crippen LogP) is 3.17. The number of benzene rings is 1. The molecule has 0 spiro atoms. The first kappa shape index (κ1) is 18.0. The van der Waals surface area contributed by atoms with Gasteiger partial charge in [0.25, 0.3) is 5.91 Å². The van der Waals surface area contributed by atoms with Crippen molar-refractivity contribution >= 4 is 16.8 Å². The van der Waals surface area contributed by atoms with Gasteiger partial charge in [0.05, 0.1) is 5.52 Å². The largest absolute Gasteiger partial charge is 0.471 e. The number of rotatable bonds is 4. The van der Waals surface area contributed by atoms with Gasteiger partial charge in [-0.15, -0.1) is 0 Å². The van der Waals surface area contributed by atoms with Gasteiger partial charge in [-0.2, -0.15) is 18.2 Å². The van der Waals surface area contributed by atoms with E-state index in [-0.39, 0.29) is 24.7 Å². The lowest BCUT2D eigenvalue weighted by Gasteiger charge is -2.07. The number of para-hydroxylation sites is 1. The summed E-state index contributed by atoms with van der Waals surface area (Å²) in [5.74, 6) is -1.80. The summed E-state index contributed by atoms with van der Waals surface area (Å²) in [5.41, 5.74) is 3.39. The first-order valence-corrected chi connectivity index (χ1v) is 7.92. The minimum Gasteiger partial charge on any atom is -0.350 e. The van der Waals surface area contributed by atoms with Gasteiger partial charge in [-0.3, -0.25) is 4.79 Å². The summed E-state index contributed by atoms with van der Waals surface area (Å²) in [4.78, 5) is 15.8. The molecule has 26 heavy (non-hydrogen) atoms. The van der Waals surface area contributed by atoms with E-state index in [0.29, 0.717) is 5.69 Å². The number of hydrogen-bond donors (Lipinski definition) is 1.